The molecule has 0 aromatic heterocycles. The van der Waals surface area contributed by atoms with Crippen molar-refractivity contribution < 1.29 is 19.8 Å². The predicted octanol–water partition coefficient (Wildman–Crippen LogP) is -0.840. The molecule has 0 bridgehead atoms. The molecule has 96 valence electrons. The third-order valence-electron chi connectivity index (χ3n) is 3.73. The van der Waals surface area contributed by atoms with Crippen molar-refractivity contribution in [3.05, 3.63) is 0 Å². The molecule has 4 unspecified atom stereocenters. The van der Waals surface area contributed by atoms with Crippen molar-refractivity contribution in [3.8, 4) is 0 Å². The topological polar surface area (TPSA) is 104 Å². The van der Waals surface area contributed by atoms with Crippen LogP contribution >= 0.6 is 0 Å². The number of hydrogen-bond donors (Lipinski definition) is 3. The molecule has 2 fully saturated rings. The molecule has 1 aliphatic heterocycles. The van der Waals surface area contributed by atoms with Crippen LogP contribution in [0.15, 0.2) is 0 Å². The number of aliphatic carboxylic acids is 1. The Morgan fingerprint density at radius 3 is 2.53 bits per heavy atom. The van der Waals surface area contributed by atoms with E-state index in [9.17, 15) is 14.7 Å². The number of rotatable bonds is 2. The molecule has 2 rings (SSSR count). The van der Waals surface area contributed by atoms with Crippen molar-refractivity contribution >= 4 is 11.9 Å². The lowest BCUT2D eigenvalue weighted by atomic mass is 10.0. The van der Waals surface area contributed by atoms with Crippen LogP contribution in [0.1, 0.15) is 25.7 Å². The van der Waals surface area contributed by atoms with E-state index in [1.54, 1.807) is 0 Å². The fraction of sp³-hybridized carbons (Fsp3) is 0.818. The van der Waals surface area contributed by atoms with Gasteiger partial charge in [-0.05, 0) is 12.8 Å². The summed E-state index contributed by atoms with van der Waals surface area (Å²) in [5.41, 5.74) is 5.85. The van der Waals surface area contributed by atoms with E-state index < -0.39 is 18.1 Å². The van der Waals surface area contributed by atoms with E-state index in [0.717, 1.165) is 19.3 Å². The number of β-amino-alcohol motifs (C(OH)–C–C–N with tert-alkyl or cyclic N) is 1. The highest BCUT2D eigenvalue weighted by Crippen LogP contribution is 2.29. The van der Waals surface area contributed by atoms with Gasteiger partial charge in [0.2, 0.25) is 5.91 Å². The van der Waals surface area contributed by atoms with Crippen molar-refractivity contribution in [2.45, 2.75) is 43.9 Å². The first kappa shape index (κ1) is 12.3. The van der Waals surface area contributed by atoms with E-state index in [4.69, 9.17) is 10.8 Å². The second-order valence-electron chi connectivity index (χ2n) is 4.94. The first-order valence-corrected chi connectivity index (χ1v) is 5.97. The first-order chi connectivity index (χ1) is 8.00. The van der Waals surface area contributed by atoms with Crippen molar-refractivity contribution in [1.82, 2.24) is 4.90 Å². The van der Waals surface area contributed by atoms with Gasteiger partial charge in [0.25, 0.3) is 0 Å². The zero-order valence-electron chi connectivity index (χ0n) is 9.58. The summed E-state index contributed by atoms with van der Waals surface area (Å²) < 4.78 is 0. The van der Waals surface area contributed by atoms with Gasteiger partial charge in [-0.15, -0.1) is 0 Å². The number of carboxylic acids is 1. The molecule has 0 aromatic carbocycles. The minimum atomic E-state index is -1.05. The molecule has 1 aliphatic carbocycles. The predicted molar refractivity (Wildman–Crippen MR) is 59.1 cm³/mol. The summed E-state index contributed by atoms with van der Waals surface area (Å²) in [5, 5.41) is 18.5. The van der Waals surface area contributed by atoms with E-state index in [2.05, 4.69) is 0 Å². The third kappa shape index (κ3) is 2.28. The maximum absolute atomic E-state index is 12.2. The highest BCUT2D eigenvalue weighted by Gasteiger charge is 2.43. The normalized spacial score (nSPS) is 37.4. The zero-order valence-corrected chi connectivity index (χ0v) is 9.58. The van der Waals surface area contributed by atoms with Crippen LogP contribution in [-0.2, 0) is 9.59 Å². The summed E-state index contributed by atoms with van der Waals surface area (Å²) in [6.45, 7) is 0.110. The molecule has 17 heavy (non-hydrogen) atoms. The molecular weight excluding hydrogens is 224 g/mol. The molecule has 4 atom stereocenters. The molecular formula is C11H18N2O4. The number of hydrogen-bond acceptors (Lipinski definition) is 4. The lowest BCUT2D eigenvalue weighted by Gasteiger charge is -2.26. The Hall–Kier alpha value is -1.14. The number of carbonyl (C=O) groups is 2. The van der Waals surface area contributed by atoms with Gasteiger partial charge in [-0.2, -0.15) is 0 Å². The van der Waals surface area contributed by atoms with Crippen LogP contribution in [-0.4, -0.2) is 51.7 Å². The van der Waals surface area contributed by atoms with Gasteiger partial charge in [0.1, 0.15) is 6.04 Å². The summed E-state index contributed by atoms with van der Waals surface area (Å²) in [7, 11) is 0. The largest absolute Gasteiger partial charge is 0.480 e. The lowest BCUT2D eigenvalue weighted by Crippen LogP contribution is -2.46. The Labute approximate surface area is 99.4 Å². The molecule has 1 amide bonds. The average molecular weight is 242 g/mol. The van der Waals surface area contributed by atoms with Crippen LogP contribution < -0.4 is 5.73 Å². The summed E-state index contributed by atoms with van der Waals surface area (Å²) in [5.74, 6) is -1.54. The van der Waals surface area contributed by atoms with E-state index in [0.29, 0.717) is 0 Å². The number of amides is 1. The van der Waals surface area contributed by atoms with Gasteiger partial charge < -0.3 is 20.8 Å². The molecule has 2 aliphatic rings. The minimum absolute atomic E-state index is 0.110. The second-order valence-corrected chi connectivity index (χ2v) is 4.94. The fourth-order valence-electron chi connectivity index (χ4n) is 2.80. The number of carbonyl (C=O) groups excluding carboxylic acids is 1. The summed E-state index contributed by atoms with van der Waals surface area (Å²) in [6, 6.07) is -1.07. The Balaban J connectivity index is 2.10. The Morgan fingerprint density at radius 1 is 1.29 bits per heavy atom. The average Bonchev–Trinajstić information content (AvgIpc) is 2.83. The van der Waals surface area contributed by atoms with Crippen LogP contribution in [0.4, 0.5) is 0 Å². The maximum atomic E-state index is 12.2. The highest BCUT2D eigenvalue weighted by atomic mass is 16.4. The molecule has 6 heteroatoms. The molecule has 0 radical (unpaired) electrons. The van der Waals surface area contributed by atoms with Crippen LogP contribution in [0.5, 0.6) is 0 Å². The van der Waals surface area contributed by atoms with E-state index >= 15 is 0 Å². The third-order valence-corrected chi connectivity index (χ3v) is 3.73. The molecule has 0 spiro atoms. The van der Waals surface area contributed by atoms with Gasteiger partial charge in [-0.25, -0.2) is 4.79 Å². The zero-order chi connectivity index (χ0) is 12.6. The van der Waals surface area contributed by atoms with Gasteiger partial charge in [0.05, 0.1) is 12.0 Å². The number of nitrogens with zero attached hydrogens (tertiary/aromatic N) is 1. The van der Waals surface area contributed by atoms with Gasteiger partial charge in [-0.1, -0.05) is 6.42 Å². The molecule has 4 N–H and O–H groups in total. The van der Waals surface area contributed by atoms with Gasteiger partial charge >= 0.3 is 5.97 Å². The smallest absolute Gasteiger partial charge is 0.326 e. The number of nitrogens with two attached hydrogens (primary N) is 1. The van der Waals surface area contributed by atoms with Crippen molar-refractivity contribution in [1.29, 1.82) is 0 Å². The molecule has 1 saturated heterocycles. The molecule has 1 saturated carbocycles. The first-order valence-electron chi connectivity index (χ1n) is 5.97. The molecule has 6 nitrogen and oxygen atoms in total. The SMILES string of the molecule is NC1CCCC1C(=O)N1CC(O)CC1C(=O)O. The van der Waals surface area contributed by atoms with Crippen molar-refractivity contribution in [2.75, 3.05) is 6.54 Å². The second kappa shape index (κ2) is 4.62. The number of carboxylic acid groups (broad SMARTS) is 1. The van der Waals surface area contributed by atoms with E-state index in [-0.39, 0.29) is 30.8 Å². The Morgan fingerprint density at radius 2 is 2.00 bits per heavy atom. The summed E-state index contributed by atoms with van der Waals surface area (Å²) >= 11 is 0. The Bertz CT molecular complexity index is 333. The van der Waals surface area contributed by atoms with Gasteiger partial charge in [-0.3, -0.25) is 4.79 Å². The molecule has 0 aromatic rings. The minimum Gasteiger partial charge on any atom is -0.480 e. The van der Waals surface area contributed by atoms with Gasteiger partial charge in [0, 0.05) is 19.0 Å². The number of aliphatic hydroxyl groups is 1. The standard InChI is InChI=1S/C11H18N2O4/c12-8-3-1-2-7(8)10(15)13-5-6(14)4-9(13)11(16)17/h6-9,14H,1-5,12H2,(H,16,17). The van der Waals surface area contributed by atoms with Gasteiger partial charge in [0.15, 0.2) is 0 Å². The van der Waals surface area contributed by atoms with E-state index in [1.165, 1.54) is 4.90 Å². The highest BCUT2D eigenvalue weighted by molar-refractivity contribution is 5.86. The van der Waals surface area contributed by atoms with Crippen LogP contribution in [0.2, 0.25) is 0 Å². The monoisotopic (exact) mass is 242 g/mol. The number of aliphatic hydroxyl groups excluding tert-OH is 1. The quantitative estimate of drug-likeness (QED) is 0.585. The molecule has 1 heterocycles. The van der Waals surface area contributed by atoms with E-state index in [1.807, 2.05) is 0 Å². The fourth-order valence-corrected chi connectivity index (χ4v) is 2.80. The lowest BCUT2D eigenvalue weighted by molar-refractivity contribution is -0.150. The summed E-state index contributed by atoms with van der Waals surface area (Å²) in [6.07, 6.45) is 1.82. The number of likely N-dealkylation sites (tertiary alicyclic amines) is 1. The van der Waals surface area contributed by atoms with Crippen molar-refractivity contribution in [2.24, 2.45) is 11.7 Å². The van der Waals surface area contributed by atoms with Crippen LogP contribution in [0.3, 0.4) is 0 Å². The maximum Gasteiger partial charge on any atom is 0.326 e. The van der Waals surface area contributed by atoms with Crippen molar-refractivity contribution in [3.63, 3.8) is 0 Å². The van der Waals surface area contributed by atoms with Crippen LogP contribution in [0, 0.1) is 5.92 Å². The van der Waals surface area contributed by atoms with Crippen LogP contribution in [0.25, 0.3) is 0 Å². The summed E-state index contributed by atoms with van der Waals surface area (Å²) in [4.78, 5) is 24.5. The Kier molecular flexibility index (Phi) is 3.35.